The van der Waals surface area contributed by atoms with E-state index < -0.39 is 0 Å². The summed E-state index contributed by atoms with van der Waals surface area (Å²) in [5.74, 6) is 4.63. The lowest BCUT2D eigenvalue weighted by atomic mass is 9.44. The molecule has 1 heteroatoms. The molecule has 1 nitrogen and oxygen atoms in total. The van der Waals surface area contributed by atoms with Crippen molar-refractivity contribution >= 4 is 0 Å². The van der Waals surface area contributed by atoms with Gasteiger partial charge in [0.05, 0.1) is 6.10 Å². The minimum absolute atomic E-state index is 0.0125. The molecule has 4 fully saturated rings. The smallest absolute Gasteiger partial charge is 0.0543 e. The number of hydrogen-bond acceptors (Lipinski definition) is 1. The van der Waals surface area contributed by atoms with Crippen LogP contribution in [0.25, 0.3) is 0 Å². The lowest BCUT2D eigenvalue weighted by Crippen LogP contribution is -2.53. The molecule has 1 N–H and O–H groups in total. The van der Waals surface area contributed by atoms with Gasteiger partial charge < -0.3 is 5.11 Å². The van der Waals surface area contributed by atoms with Gasteiger partial charge >= 0.3 is 0 Å². The molecule has 4 saturated carbocycles. The fourth-order valence-electron chi connectivity index (χ4n) is 8.24. The number of aliphatic hydroxyl groups excluding tert-OH is 1. The minimum Gasteiger partial charge on any atom is -0.393 e. The maximum Gasteiger partial charge on any atom is 0.0543 e. The molecule has 0 saturated heterocycles. The number of allylic oxidation sites excluding steroid dienone is 1. The van der Waals surface area contributed by atoms with Crippen molar-refractivity contribution in [1.29, 1.82) is 0 Å². The maximum atomic E-state index is 10.2. The van der Waals surface area contributed by atoms with Crippen molar-refractivity contribution < 1.29 is 5.11 Å². The second kappa shape index (κ2) is 6.39. The van der Waals surface area contributed by atoms with E-state index in [0.717, 1.165) is 42.4 Å². The van der Waals surface area contributed by atoms with Gasteiger partial charge in [-0.15, -0.1) is 6.58 Å². The van der Waals surface area contributed by atoms with E-state index in [0.29, 0.717) is 10.8 Å². The molecule has 0 bridgehead atoms. The molecule has 0 aromatic rings. The molecule has 5 unspecified atom stereocenters. The fourth-order valence-corrected chi connectivity index (χ4v) is 8.24. The van der Waals surface area contributed by atoms with Gasteiger partial charge in [-0.05, 0) is 118 Å². The van der Waals surface area contributed by atoms with E-state index in [4.69, 9.17) is 0 Å². The molecule has 4 rings (SSSR count). The number of aliphatic hydroxyl groups is 1. The van der Waals surface area contributed by atoms with Crippen LogP contribution in [-0.4, -0.2) is 11.2 Å². The van der Waals surface area contributed by atoms with E-state index in [2.05, 4.69) is 27.4 Å². The van der Waals surface area contributed by atoms with Gasteiger partial charge in [0.15, 0.2) is 0 Å². The summed E-state index contributed by atoms with van der Waals surface area (Å²) in [6, 6.07) is 0. The first kappa shape index (κ1) is 18.1. The molecule has 0 radical (unpaired) electrons. The molecule has 4 aliphatic carbocycles. The standard InChI is InChI=1S/C24H40O/c1-16(2)5-6-17-8-10-21-20-9-7-18-15-19(25)11-13-24(18,4)22(20)12-14-23(17,21)3/h17-22,25H,1,5-15H2,2-4H3/t17?,18?,19-,20?,21?,22?,23-,24+/m1/s1. The van der Waals surface area contributed by atoms with Gasteiger partial charge in [0.1, 0.15) is 0 Å². The Morgan fingerprint density at radius 1 is 0.960 bits per heavy atom. The second-order valence-electron chi connectivity index (χ2n) is 10.9. The molecule has 0 aliphatic heterocycles. The van der Waals surface area contributed by atoms with E-state index in [1.807, 2.05) is 0 Å². The average molecular weight is 345 g/mol. The normalized spacial score (nSPS) is 52.2. The summed E-state index contributed by atoms with van der Waals surface area (Å²) in [6.07, 6.45) is 14.7. The first-order valence-electron chi connectivity index (χ1n) is 11.2. The average Bonchev–Trinajstić information content (AvgIpc) is 2.90. The van der Waals surface area contributed by atoms with Gasteiger partial charge in [-0.1, -0.05) is 19.4 Å². The minimum atomic E-state index is -0.0125. The summed E-state index contributed by atoms with van der Waals surface area (Å²) in [7, 11) is 0. The zero-order valence-electron chi connectivity index (χ0n) is 16.9. The largest absolute Gasteiger partial charge is 0.393 e. The van der Waals surface area contributed by atoms with Crippen molar-refractivity contribution in [2.24, 2.45) is 40.4 Å². The van der Waals surface area contributed by atoms with Crippen LogP contribution in [0.15, 0.2) is 12.2 Å². The van der Waals surface area contributed by atoms with Crippen LogP contribution in [0.2, 0.25) is 0 Å². The van der Waals surface area contributed by atoms with Gasteiger partial charge in [-0.3, -0.25) is 0 Å². The summed E-state index contributed by atoms with van der Waals surface area (Å²) >= 11 is 0. The first-order chi connectivity index (χ1) is 11.8. The predicted octanol–water partition coefficient (Wildman–Crippen LogP) is 6.36. The molecule has 4 aliphatic rings. The van der Waals surface area contributed by atoms with Gasteiger partial charge in [-0.2, -0.15) is 0 Å². The topological polar surface area (TPSA) is 20.2 Å². The van der Waals surface area contributed by atoms with Crippen LogP contribution in [0.1, 0.15) is 91.4 Å². The van der Waals surface area contributed by atoms with E-state index in [-0.39, 0.29) is 6.10 Å². The van der Waals surface area contributed by atoms with Crippen molar-refractivity contribution in [3.8, 4) is 0 Å². The molecule has 142 valence electrons. The summed E-state index contributed by atoms with van der Waals surface area (Å²) in [5.41, 5.74) is 2.50. The molecule has 0 heterocycles. The molecule has 8 atom stereocenters. The van der Waals surface area contributed by atoms with Crippen molar-refractivity contribution in [2.75, 3.05) is 0 Å². The molecular weight excluding hydrogens is 304 g/mol. The molecule has 0 aromatic carbocycles. The third-order valence-corrected chi connectivity index (χ3v) is 9.75. The number of rotatable bonds is 3. The predicted molar refractivity (Wildman–Crippen MR) is 105 cm³/mol. The lowest BCUT2D eigenvalue weighted by Gasteiger charge is -2.61. The van der Waals surface area contributed by atoms with Crippen LogP contribution in [0.3, 0.4) is 0 Å². The lowest BCUT2D eigenvalue weighted by molar-refractivity contribution is -0.126. The highest BCUT2D eigenvalue weighted by atomic mass is 16.3. The molecular formula is C24H40O. The Hall–Kier alpha value is -0.300. The van der Waals surface area contributed by atoms with E-state index in [9.17, 15) is 5.11 Å². The van der Waals surface area contributed by atoms with E-state index >= 15 is 0 Å². The Morgan fingerprint density at radius 3 is 2.44 bits per heavy atom. The second-order valence-corrected chi connectivity index (χ2v) is 10.9. The Kier molecular flexibility index (Phi) is 4.63. The van der Waals surface area contributed by atoms with Crippen LogP contribution in [0.4, 0.5) is 0 Å². The summed E-state index contributed by atoms with van der Waals surface area (Å²) in [6.45, 7) is 11.6. The third-order valence-electron chi connectivity index (χ3n) is 9.75. The molecule has 0 spiro atoms. The van der Waals surface area contributed by atoms with Crippen LogP contribution in [0.5, 0.6) is 0 Å². The third kappa shape index (κ3) is 2.84. The zero-order valence-corrected chi connectivity index (χ0v) is 16.9. The van der Waals surface area contributed by atoms with Crippen molar-refractivity contribution in [1.82, 2.24) is 0 Å². The maximum absolute atomic E-state index is 10.2. The zero-order chi connectivity index (χ0) is 17.8. The molecule has 0 aromatic heterocycles. The molecule has 25 heavy (non-hydrogen) atoms. The Bertz CT molecular complexity index is 524. The monoisotopic (exact) mass is 344 g/mol. The Labute approximate surface area is 155 Å². The van der Waals surface area contributed by atoms with E-state index in [1.165, 1.54) is 63.4 Å². The highest BCUT2D eigenvalue weighted by molar-refractivity contribution is 5.09. The van der Waals surface area contributed by atoms with Crippen molar-refractivity contribution in [3.05, 3.63) is 12.2 Å². The highest BCUT2D eigenvalue weighted by Gasteiger charge is 2.59. The highest BCUT2D eigenvalue weighted by Crippen LogP contribution is 2.67. The van der Waals surface area contributed by atoms with Crippen molar-refractivity contribution in [2.45, 2.75) is 97.5 Å². The number of fused-ring (bicyclic) bond motifs is 5. The Balaban J connectivity index is 1.53. The number of hydrogen-bond donors (Lipinski definition) is 1. The van der Waals surface area contributed by atoms with Gasteiger partial charge in [-0.25, -0.2) is 0 Å². The SMILES string of the molecule is C=C(C)CCC1CCC2C3CCC4C[C@H](O)CC[C@]4(C)C3CC[C@]12C. The summed E-state index contributed by atoms with van der Waals surface area (Å²) in [5, 5.41) is 10.2. The van der Waals surface area contributed by atoms with Crippen LogP contribution in [0, 0.1) is 40.4 Å². The van der Waals surface area contributed by atoms with Crippen LogP contribution in [-0.2, 0) is 0 Å². The fraction of sp³-hybridized carbons (Fsp3) is 0.917. The van der Waals surface area contributed by atoms with Crippen LogP contribution < -0.4 is 0 Å². The summed E-state index contributed by atoms with van der Waals surface area (Å²) < 4.78 is 0. The van der Waals surface area contributed by atoms with Gasteiger partial charge in [0.2, 0.25) is 0 Å². The van der Waals surface area contributed by atoms with Crippen LogP contribution >= 0.6 is 0 Å². The molecule has 0 amide bonds. The van der Waals surface area contributed by atoms with Crippen molar-refractivity contribution in [3.63, 3.8) is 0 Å². The van der Waals surface area contributed by atoms with Gasteiger partial charge in [0, 0.05) is 0 Å². The Morgan fingerprint density at radius 2 is 1.68 bits per heavy atom. The van der Waals surface area contributed by atoms with E-state index in [1.54, 1.807) is 0 Å². The van der Waals surface area contributed by atoms with Gasteiger partial charge in [0.25, 0.3) is 0 Å². The summed E-state index contributed by atoms with van der Waals surface area (Å²) in [4.78, 5) is 0. The first-order valence-corrected chi connectivity index (χ1v) is 11.2. The quantitative estimate of drug-likeness (QED) is 0.590.